The van der Waals surface area contributed by atoms with Crippen molar-refractivity contribution in [2.45, 2.75) is 13.0 Å². The summed E-state index contributed by atoms with van der Waals surface area (Å²) in [5.41, 5.74) is 3.29. The van der Waals surface area contributed by atoms with Crippen LogP contribution in [0.5, 0.6) is 0 Å². The Morgan fingerprint density at radius 1 is 1.00 bits per heavy atom. The molecule has 0 aliphatic carbocycles. The van der Waals surface area contributed by atoms with Crippen LogP contribution in [0.2, 0.25) is 5.02 Å². The van der Waals surface area contributed by atoms with Crippen LogP contribution < -0.4 is 0 Å². The molecule has 0 bridgehead atoms. The van der Waals surface area contributed by atoms with Gasteiger partial charge in [0.15, 0.2) is 0 Å². The van der Waals surface area contributed by atoms with E-state index in [1.165, 1.54) is 11.1 Å². The van der Waals surface area contributed by atoms with Crippen molar-refractivity contribution in [2.24, 2.45) is 0 Å². The van der Waals surface area contributed by atoms with Crippen molar-refractivity contribution in [1.82, 2.24) is 4.90 Å². The molecule has 96 valence electrons. The Balaban J connectivity index is 1.81. The van der Waals surface area contributed by atoms with E-state index >= 15 is 0 Å². The molecule has 1 heterocycles. The molecule has 2 aromatic carbocycles. The van der Waals surface area contributed by atoms with Gasteiger partial charge in [0.1, 0.15) is 0 Å². The number of hydrogen-bond acceptors (Lipinski definition) is 1. The molecule has 1 amide bonds. The summed E-state index contributed by atoms with van der Waals surface area (Å²) >= 11 is 5.84. The lowest BCUT2D eigenvalue weighted by molar-refractivity contribution is 0.0735. The number of amides is 1. The molecule has 0 spiro atoms. The Hall–Kier alpha value is -1.80. The molecule has 0 N–H and O–H groups in total. The molecule has 0 saturated carbocycles. The van der Waals surface area contributed by atoms with Crippen LogP contribution in [-0.4, -0.2) is 17.4 Å². The zero-order valence-corrected chi connectivity index (χ0v) is 11.2. The first kappa shape index (κ1) is 12.2. The van der Waals surface area contributed by atoms with E-state index in [-0.39, 0.29) is 5.91 Å². The van der Waals surface area contributed by atoms with Crippen molar-refractivity contribution in [3.63, 3.8) is 0 Å². The predicted molar refractivity (Wildman–Crippen MR) is 76.3 cm³/mol. The van der Waals surface area contributed by atoms with Gasteiger partial charge in [0.25, 0.3) is 5.91 Å². The summed E-state index contributed by atoms with van der Waals surface area (Å²) in [6, 6.07) is 15.4. The number of benzene rings is 2. The van der Waals surface area contributed by atoms with Gasteiger partial charge >= 0.3 is 0 Å². The number of fused-ring (bicyclic) bond motifs is 1. The lowest BCUT2D eigenvalue weighted by atomic mass is 9.99. The quantitative estimate of drug-likeness (QED) is 0.777. The predicted octanol–water partition coefficient (Wildman–Crippen LogP) is 3.54. The molecule has 3 rings (SSSR count). The van der Waals surface area contributed by atoms with Gasteiger partial charge in [-0.2, -0.15) is 0 Å². The normalized spacial score (nSPS) is 14.1. The molecule has 0 unspecified atom stereocenters. The van der Waals surface area contributed by atoms with Crippen molar-refractivity contribution in [1.29, 1.82) is 0 Å². The van der Waals surface area contributed by atoms with E-state index in [0.29, 0.717) is 17.1 Å². The highest BCUT2D eigenvalue weighted by Gasteiger charge is 2.21. The first-order valence-corrected chi connectivity index (χ1v) is 6.73. The molecule has 0 atom stereocenters. The molecule has 0 fully saturated rings. The van der Waals surface area contributed by atoms with Gasteiger partial charge in [0, 0.05) is 23.7 Å². The Bertz CT molecular complexity index is 606. The first-order chi connectivity index (χ1) is 9.24. The zero-order valence-electron chi connectivity index (χ0n) is 10.5. The summed E-state index contributed by atoms with van der Waals surface area (Å²) in [4.78, 5) is 14.3. The Morgan fingerprint density at radius 2 is 1.68 bits per heavy atom. The highest BCUT2D eigenvalue weighted by molar-refractivity contribution is 6.30. The van der Waals surface area contributed by atoms with Crippen molar-refractivity contribution >= 4 is 17.5 Å². The van der Waals surface area contributed by atoms with Gasteiger partial charge in [-0.15, -0.1) is 0 Å². The fourth-order valence-corrected chi connectivity index (χ4v) is 2.57. The summed E-state index contributed by atoms with van der Waals surface area (Å²) in [5.74, 6) is 0.0752. The summed E-state index contributed by atoms with van der Waals surface area (Å²) in [6.45, 7) is 1.47. The molecule has 2 aromatic rings. The summed E-state index contributed by atoms with van der Waals surface area (Å²) in [6.07, 6.45) is 0.926. The van der Waals surface area contributed by atoms with Crippen molar-refractivity contribution in [2.75, 3.05) is 6.54 Å². The van der Waals surface area contributed by atoms with Crippen LogP contribution >= 0.6 is 11.6 Å². The van der Waals surface area contributed by atoms with E-state index in [1.54, 1.807) is 24.3 Å². The third-order valence-corrected chi connectivity index (χ3v) is 3.76. The van der Waals surface area contributed by atoms with Crippen LogP contribution in [0.15, 0.2) is 48.5 Å². The highest BCUT2D eigenvalue weighted by Crippen LogP contribution is 2.20. The van der Waals surface area contributed by atoms with Gasteiger partial charge in [-0.05, 0) is 41.8 Å². The van der Waals surface area contributed by atoms with Crippen LogP contribution in [-0.2, 0) is 13.0 Å². The number of halogens is 1. The highest BCUT2D eigenvalue weighted by atomic mass is 35.5. The Labute approximate surface area is 117 Å². The van der Waals surface area contributed by atoms with Gasteiger partial charge in [0.2, 0.25) is 0 Å². The molecule has 1 aliphatic rings. The molecule has 0 aromatic heterocycles. The zero-order chi connectivity index (χ0) is 13.2. The van der Waals surface area contributed by atoms with Crippen LogP contribution in [0.3, 0.4) is 0 Å². The van der Waals surface area contributed by atoms with E-state index in [9.17, 15) is 4.79 Å². The van der Waals surface area contributed by atoms with Gasteiger partial charge in [0.05, 0.1) is 0 Å². The van der Waals surface area contributed by atoms with E-state index in [1.807, 2.05) is 11.0 Å². The Morgan fingerprint density at radius 3 is 2.42 bits per heavy atom. The topological polar surface area (TPSA) is 20.3 Å². The van der Waals surface area contributed by atoms with Gasteiger partial charge in [-0.3, -0.25) is 4.79 Å². The van der Waals surface area contributed by atoms with Gasteiger partial charge in [-0.25, -0.2) is 0 Å². The van der Waals surface area contributed by atoms with Crippen LogP contribution in [0.1, 0.15) is 21.5 Å². The smallest absolute Gasteiger partial charge is 0.254 e. The molecule has 2 nitrogen and oxygen atoms in total. The van der Waals surface area contributed by atoms with Crippen molar-refractivity contribution in [3.8, 4) is 0 Å². The number of nitrogens with zero attached hydrogens (tertiary/aromatic N) is 1. The number of carbonyl (C=O) groups excluding carboxylic acids is 1. The fraction of sp³-hybridized carbons (Fsp3) is 0.188. The average molecular weight is 272 g/mol. The average Bonchev–Trinajstić information content (AvgIpc) is 2.47. The summed E-state index contributed by atoms with van der Waals surface area (Å²) in [7, 11) is 0. The Kier molecular flexibility index (Phi) is 3.26. The van der Waals surface area contributed by atoms with E-state index in [4.69, 9.17) is 11.6 Å². The maximum atomic E-state index is 12.4. The van der Waals surface area contributed by atoms with Crippen LogP contribution in [0.25, 0.3) is 0 Å². The van der Waals surface area contributed by atoms with Crippen LogP contribution in [0, 0.1) is 0 Å². The van der Waals surface area contributed by atoms with E-state index < -0.39 is 0 Å². The third-order valence-electron chi connectivity index (χ3n) is 3.51. The maximum absolute atomic E-state index is 12.4. The second-order valence-corrected chi connectivity index (χ2v) is 5.19. The maximum Gasteiger partial charge on any atom is 0.254 e. The molecule has 0 saturated heterocycles. The second kappa shape index (κ2) is 5.06. The third kappa shape index (κ3) is 2.49. The van der Waals surface area contributed by atoms with E-state index in [0.717, 1.165) is 13.0 Å². The fourth-order valence-electron chi connectivity index (χ4n) is 2.44. The molecule has 0 radical (unpaired) electrons. The second-order valence-electron chi connectivity index (χ2n) is 4.75. The minimum Gasteiger partial charge on any atom is -0.334 e. The number of hydrogen-bond donors (Lipinski definition) is 0. The van der Waals surface area contributed by atoms with Crippen LogP contribution in [0.4, 0.5) is 0 Å². The molecule has 3 heteroatoms. The van der Waals surface area contributed by atoms with E-state index in [2.05, 4.69) is 18.2 Å². The monoisotopic (exact) mass is 271 g/mol. The molecule has 1 aliphatic heterocycles. The minimum atomic E-state index is 0.0752. The first-order valence-electron chi connectivity index (χ1n) is 6.35. The summed E-state index contributed by atoms with van der Waals surface area (Å²) in [5, 5.41) is 0.653. The molecule has 19 heavy (non-hydrogen) atoms. The number of carbonyl (C=O) groups is 1. The largest absolute Gasteiger partial charge is 0.334 e. The van der Waals surface area contributed by atoms with Crippen molar-refractivity contribution in [3.05, 3.63) is 70.2 Å². The summed E-state index contributed by atoms with van der Waals surface area (Å²) < 4.78 is 0. The minimum absolute atomic E-state index is 0.0752. The SMILES string of the molecule is O=C(c1ccc(Cl)cc1)N1CCc2ccccc2C1. The van der Waals surface area contributed by atoms with Gasteiger partial charge < -0.3 is 4.90 Å². The lowest BCUT2D eigenvalue weighted by Crippen LogP contribution is -2.35. The van der Waals surface area contributed by atoms with Crippen molar-refractivity contribution < 1.29 is 4.79 Å². The lowest BCUT2D eigenvalue weighted by Gasteiger charge is -2.29. The number of rotatable bonds is 1. The molecular formula is C16H14ClNO. The standard InChI is InChI=1S/C16H14ClNO/c17-15-7-5-13(6-8-15)16(19)18-10-9-12-3-1-2-4-14(12)11-18/h1-8H,9-11H2. The molecular weight excluding hydrogens is 258 g/mol. The van der Waals surface area contributed by atoms with Gasteiger partial charge in [-0.1, -0.05) is 35.9 Å².